The standard InChI is InChI=1S/C24H25N3O3/c1-17-10-12-19(13-11-17)22-21(16-27(25-22)20-8-4-3-5-9-20)24(29)30-18(2)23(28)26-14-6-7-15-26/h3-5,8-13,16,18H,6-7,14-15H2,1-2H3. The molecule has 4 rings (SSSR count). The van der Waals surface area contributed by atoms with Crippen molar-refractivity contribution in [2.24, 2.45) is 0 Å². The maximum absolute atomic E-state index is 13.0. The molecule has 0 aliphatic carbocycles. The summed E-state index contributed by atoms with van der Waals surface area (Å²) < 4.78 is 7.23. The molecule has 0 N–H and O–H groups in total. The van der Waals surface area contributed by atoms with Gasteiger partial charge in [-0.05, 0) is 38.8 Å². The maximum Gasteiger partial charge on any atom is 0.342 e. The second-order valence-electron chi connectivity index (χ2n) is 7.62. The third-order valence-electron chi connectivity index (χ3n) is 5.33. The van der Waals surface area contributed by atoms with Crippen LogP contribution in [-0.2, 0) is 9.53 Å². The lowest BCUT2D eigenvalue weighted by molar-refractivity contribution is -0.138. The Hall–Kier alpha value is -3.41. The van der Waals surface area contributed by atoms with Gasteiger partial charge in [-0.3, -0.25) is 4.79 Å². The van der Waals surface area contributed by atoms with Crippen LogP contribution in [0.15, 0.2) is 60.8 Å². The number of nitrogens with zero attached hydrogens (tertiary/aromatic N) is 3. The van der Waals surface area contributed by atoms with E-state index in [1.165, 1.54) is 0 Å². The fourth-order valence-electron chi connectivity index (χ4n) is 3.63. The van der Waals surface area contributed by atoms with Crippen molar-refractivity contribution in [1.29, 1.82) is 0 Å². The van der Waals surface area contributed by atoms with Crippen molar-refractivity contribution >= 4 is 11.9 Å². The smallest absolute Gasteiger partial charge is 0.342 e. The molecule has 1 aliphatic heterocycles. The van der Waals surface area contributed by atoms with E-state index in [0.717, 1.165) is 42.7 Å². The van der Waals surface area contributed by atoms with Crippen LogP contribution >= 0.6 is 0 Å². The van der Waals surface area contributed by atoms with Crippen LogP contribution in [0.5, 0.6) is 0 Å². The van der Waals surface area contributed by atoms with Gasteiger partial charge in [-0.1, -0.05) is 48.0 Å². The predicted molar refractivity (Wildman–Crippen MR) is 114 cm³/mol. The molecule has 0 spiro atoms. The minimum absolute atomic E-state index is 0.145. The molecule has 154 valence electrons. The van der Waals surface area contributed by atoms with Crippen molar-refractivity contribution < 1.29 is 14.3 Å². The van der Waals surface area contributed by atoms with Gasteiger partial charge in [-0.25, -0.2) is 9.48 Å². The first-order valence-corrected chi connectivity index (χ1v) is 10.2. The zero-order valence-electron chi connectivity index (χ0n) is 17.2. The van der Waals surface area contributed by atoms with E-state index < -0.39 is 12.1 Å². The number of amides is 1. The molecule has 2 aromatic carbocycles. The number of aryl methyl sites for hydroxylation is 1. The van der Waals surface area contributed by atoms with Crippen LogP contribution in [0.2, 0.25) is 0 Å². The molecule has 1 aromatic heterocycles. The highest BCUT2D eigenvalue weighted by atomic mass is 16.5. The van der Waals surface area contributed by atoms with E-state index in [2.05, 4.69) is 5.10 Å². The lowest BCUT2D eigenvalue weighted by atomic mass is 10.1. The van der Waals surface area contributed by atoms with Crippen molar-refractivity contribution in [2.75, 3.05) is 13.1 Å². The van der Waals surface area contributed by atoms with Gasteiger partial charge in [-0.15, -0.1) is 0 Å². The third kappa shape index (κ3) is 4.13. The Bertz CT molecular complexity index is 1040. The van der Waals surface area contributed by atoms with Crippen molar-refractivity contribution in [3.05, 3.63) is 71.9 Å². The number of aromatic nitrogens is 2. The minimum Gasteiger partial charge on any atom is -0.449 e. The molecule has 1 atom stereocenters. The lowest BCUT2D eigenvalue weighted by Gasteiger charge is -2.20. The molecule has 1 amide bonds. The molecular weight excluding hydrogens is 378 g/mol. The Morgan fingerprint density at radius 1 is 1.00 bits per heavy atom. The first-order chi connectivity index (χ1) is 14.5. The van der Waals surface area contributed by atoms with E-state index in [0.29, 0.717) is 11.3 Å². The highest BCUT2D eigenvalue weighted by Gasteiger charge is 2.28. The molecule has 0 bridgehead atoms. The first-order valence-electron chi connectivity index (χ1n) is 10.2. The quantitative estimate of drug-likeness (QED) is 0.604. The van der Waals surface area contributed by atoms with Crippen LogP contribution < -0.4 is 0 Å². The minimum atomic E-state index is -0.832. The molecular formula is C24H25N3O3. The van der Waals surface area contributed by atoms with Gasteiger partial charge in [0.25, 0.3) is 5.91 Å². The number of benzene rings is 2. The lowest BCUT2D eigenvalue weighted by Crippen LogP contribution is -2.38. The summed E-state index contributed by atoms with van der Waals surface area (Å²) in [4.78, 5) is 27.3. The average molecular weight is 403 g/mol. The molecule has 6 nitrogen and oxygen atoms in total. The molecule has 30 heavy (non-hydrogen) atoms. The fourth-order valence-corrected chi connectivity index (χ4v) is 3.63. The van der Waals surface area contributed by atoms with Gasteiger partial charge >= 0.3 is 5.97 Å². The molecule has 2 heterocycles. The van der Waals surface area contributed by atoms with Crippen molar-refractivity contribution in [2.45, 2.75) is 32.8 Å². The topological polar surface area (TPSA) is 64.4 Å². The summed E-state index contributed by atoms with van der Waals surface area (Å²) in [5.74, 6) is -0.694. The summed E-state index contributed by atoms with van der Waals surface area (Å²) in [6.07, 6.45) is 2.82. The van der Waals surface area contributed by atoms with Gasteiger partial charge < -0.3 is 9.64 Å². The number of carbonyl (C=O) groups is 2. The van der Waals surface area contributed by atoms with E-state index in [1.54, 1.807) is 22.7 Å². The van der Waals surface area contributed by atoms with Crippen LogP contribution in [0.4, 0.5) is 0 Å². The van der Waals surface area contributed by atoms with E-state index >= 15 is 0 Å². The molecule has 6 heteroatoms. The molecule has 1 fully saturated rings. The van der Waals surface area contributed by atoms with Gasteiger partial charge in [0, 0.05) is 24.8 Å². The van der Waals surface area contributed by atoms with Crippen LogP contribution in [0, 0.1) is 6.92 Å². The Balaban J connectivity index is 1.64. The summed E-state index contributed by atoms with van der Waals surface area (Å²) in [5, 5.41) is 4.65. The Morgan fingerprint density at radius 3 is 2.33 bits per heavy atom. The fraction of sp³-hybridized carbons (Fsp3) is 0.292. The number of hydrogen-bond donors (Lipinski definition) is 0. The summed E-state index contributed by atoms with van der Waals surface area (Å²) >= 11 is 0. The highest BCUT2D eigenvalue weighted by molar-refractivity contribution is 5.97. The zero-order chi connectivity index (χ0) is 21.1. The number of para-hydroxylation sites is 1. The van der Waals surface area contributed by atoms with Gasteiger partial charge in [-0.2, -0.15) is 5.10 Å². The predicted octanol–water partition coefficient (Wildman–Crippen LogP) is 4.02. The Labute approximate surface area is 176 Å². The Kier molecular flexibility index (Phi) is 5.65. The van der Waals surface area contributed by atoms with Crippen molar-refractivity contribution in [3.8, 4) is 16.9 Å². The molecule has 3 aromatic rings. The molecule has 0 saturated carbocycles. The maximum atomic E-state index is 13.0. The number of hydrogen-bond acceptors (Lipinski definition) is 4. The molecule has 1 aliphatic rings. The highest BCUT2D eigenvalue weighted by Crippen LogP contribution is 2.25. The van der Waals surface area contributed by atoms with Gasteiger partial charge in [0.2, 0.25) is 0 Å². The van der Waals surface area contributed by atoms with Gasteiger partial charge in [0.05, 0.1) is 5.69 Å². The molecule has 0 radical (unpaired) electrons. The van der Waals surface area contributed by atoms with Crippen LogP contribution in [0.1, 0.15) is 35.7 Å². The zero-order valence-corrected chi connectivity index (χ0v) is 17.2. The normalized spacial score (nSPS) is 14.5. The number of carbonyl (C=O) groups excluding carboxylic acids is 2. The SMILES string of the molecule is Cc1ccc(-c2nn(-c3ccccc3)cc2C(=O)OC(C)C(=O)N2CCCC2)cc1. The second kappa shape index (κ2) is 8.53. The average Bonchev–Trinajstić information content (AvgIpc) is 3.45. The van der Waals surface area contributed by atoms with E-state index in [4.69, 9.17) is 4.74 Å². The van der Waals surface area contributed by atoms with Crippen LogP contribution in [0.3, 0.4) is 0 Å². The van der Waals surface area contributed by atoms with E-state index in [-0.39, 0.29) is 5.91 Å². The number of likely N-dealkylation sites (tertiary alicyclic amines) is 1. The summed E-state index contributed by atoms with van der Waals surface area (Å²) in [6.45, 7) is 5.08. The van der Waals surface area contributed by atoms with Crippen molar-refractivity contribution in [3.63, 3.8) is 0 Å². The van der Waals surface area contributed by atoms with E-state index in [9.17, 15) is 9.59 Å². The summed E-state index contributed by atoms with van der Waals surface area (Å²) in [6, 6.07) is 17.4. The monoisotopic (exact) mass is 403 g/mol. The van der Waals surface area contributed by atoms with Gasteiger partial charge in [0.1, 0.15) is 11.3 Å². The summed E-state index contributed by atoms with van der Waals surface area (Å²) in [7, 11) is 0. The third-order valence-corrected chi connectivity index (χ3v) is 5.33. The van der Waals surface area contributed by atoms with E-state index in [1.807, 2.05) is 61.5 Å². The Morgan fingerprint density at radius 2 is 1.67 bits per heavy atom. The van der Waals surface area contributed by atoms with Crippen molar-refractivity contribution in [1.82, 2.24) is 14.7 Å². The van der Waals surface area contributed by atoms with Crippen LogP contribution in [0.25, 0.3) is 16.9 Å². The van der Waals surface area contributed by atoms with Gasteiger partial charge in [0.15, 0.2) is 6.10 Å². The summed E-state index contributed by atoms with van der Waals surface area (Å²) in [5.41, 5.74) is 3.65. The number of rotatable bonds is 5. The first kappa shape index (κ1) is 19.9. The molecule has 1 saturated heterocycles. The number of ether oxygens (including phenoxy) is 1. The largest absolute Gasteiger partial charge is 0.449 e. The number of esters is 1. The second-order valence-corrected chi connectivity index (χ2v) is 7.62. The van der Waals surface area contributed by atoms with Crippen LogP contribution in [-0.4, -0.2) is 45.8 Å². The molecule has 1 unspecified atom stereocenters.